The maximum absolute atomic E-state index is 11.2. The van der Waals surface area contributed by atoms with Crippen LogP contribution in [0.1, 0.15) is 61.6 Å². The van der Waals surface area contributed by atoms with Gasteiger partial charge < -0.3 is 5.11 Å². The first-order chi connectivity index (χ1) is 10.1. The molecule has 0 amide bonds. The number of hydrogen-bond donors (Lipinski definition) is 1. The molecule has 1 heterocycles. The monoisotopic (exact) mass is 289 g/mol. The van der Waals surface area contributed by atoms with Gasteiger partial charge in [0.05, 0.1) is 5.69 Å². The molecular weight excluding hydrogens is 266 g/mol. The molecule has 5 heteroatoms. The number of carbonyl (C=O) groups is 1. The van der Waals surface area contributed by atoms with Crippen molar-refractivity contribution in [3.63, 3.8) is 0 Å². The van der Waals surface area contributed by atoms with E-state index in [2.05, 4.69) is 10.3 Å². The molecule has 21 heavy (non-hydrogen) atoms. The highest BCUT2D eigenvalue weighted by Gasteiger charge is 2.51. The van der Waals surface area contributed by atoms with E-state index in [0.29, 0.717) is 11.8 Å². The van der Waals surface area contributed by atoms with Crippen molar-refractivity contribution in [2.24, 2.45) is 23.2 Å². The van der Waals surface area contributed by atoms with Gasteiger partial charge in [-0.2, -0.15) is 0 Å². The standard InChI is InChI=1S/C16H23N3O2/c1-2-13-14(15(20)21)17-18-19(13)9-16-6-10-3-11(7-16)5-12(4-10)8-16/h10-12H,2-9H2,1H3,(H,20,21). The molecule has 4 bridgehead atoms. The number of rotatable bonds is 4. The second kappa shape index (κ2) is 4.55. The first-order valence-corrected chi connectivity index (χ1v) is 8.24. The van der Waals surface area contributed by atoms with Gasteiger partial charge in [-0.25, -0.2) is 9.48 Å². The molecule has 4 aliphatic rings. The maximum atomic E-state index is 11.2. The number of nitrogens with zero attached hydrogens (tertiary/aromatic N) is 3. The zero-order valence-corrected chi connectivity index (χ0v) is 12.6. The van der Waals surface area contributed by atoms with E-state index in [1.165, 1.54) is 38.5 Å². The molecule has 0 atom stereocenters. The van der Waals surface area contributed by atoms with E-state index >= 15 is 0 Å². The Kier molecular flexibility index (Phi) is 2.88. The Morgan fingerprint density at radius 2 is 1.81 bits per heavy atom. The van der Waals surface area contributed by atoms with Gasteiger partial charge >= 0.3 is 5.97 Å². The van der Waals surface area contributed by atoms with Crippen LogP contribution in [-0.2, 0) is 13.0 Å². The summed E-state index contributed by atoms with van der Waals surface area (Å²) < 4.78 is 1.90. The molecule has 0 radical (unpaired) electrons. The molecule has 1 aromatic heterocycles. The number of hydrogen-bond acceptors (Lipinski definition) is 3. The summed E-state index contributed by atoms with van der Waals surface area (Å²) in [5.74, 6) is 1.76. The summed E-state index contributed by atoms with van der Waals surface area (Å²) in [6.45, 7) is 2.86. The van der Waals surface area contributed by atoms with Gasteiger partial charge in [-0.15, -0.1) is 5.10 Å². The molecule has 0 unspecified atom stereocenters. The van der Waals surface area contributed by atoms with Crippen LogP contribution in [0.4, 0.5) is 0 Å². The minimum Gasteiger partial charge on any atom is -0.476 e. The van der Waals surface area contributed by atoms with Crippen molar-refractivity contribution in [1.29, 1.82) is 0 Å². The molecular formula is C16H23N3O2. The first-order valence-electron chi connectivity index (χ1n) is 8.24. The topological polar surface area (TPSA) is 68.0 Å². The molecule has 4 fully saturated rings. The fraction of sp³-hybridized carbons (Fsp3) is 0.812. The summed E-state index contributed by atoms with van der Waals surface area (Å²) in [6, 6.07) is 0. The van der Waals surface area contributed by atoms with Crippen molar-refractivity contribution < 1.29 is 9.90 Å². The van der Waals surface area contributed by atoms with Gasteiger partial charge in [0.1, 0.15) is 0 Å². The molecule has 4 saturated carbocycles. The fourth-order valence-electron chi connectivity index (χ4n) is 5.78. The van der Waals surface area contributed by atoms with Crippen LogP contribution >= 0.6 is 0 Å². The van der Waals surface area contributed by atoms with Crippen LogP contribution in [0.15, 0.2) is 0 Å². The van der Waals surface area contributed by atoms with Crippen LogP contribution < -0.4 is 0 Å². The molecule has 0 spiro atoms. The van der Waals surface area contributed by atoms with Gasteiger partial charge in [0.25, 0.3) is 0 Å². The molecule has 4 aliphatic carbocycles. The maximum Gasteiger partial charge on any atom is 0.358 e. The Morgan fingerprint density at radius 3 is 2.29 bits per heavy atom. The lowest BCUT2D eigenvalue weighted by Gasteiger charge is -2.56. The minimum absolute atomic E-state index is 0.141. The predicted molar refractivity (Wildman–Crippen MR) is 77.0 cm³/mol. The zero-order valence-electron chi connectivity index (χ0n) is 12.6. The van der Waals surface area contributed by atoms with Crippen LogP contribution in [0.3, 0.4) is 0 Å². The average Bonchev–Trinajstić information content (AvgIpc) is 2.79. The smallest absolute Gasteiger partial charge is 0.358 e. The Bertz CT molecular complexity index is 543. The predicted octanol–water partition coefficient (Wildman–Crippen LogP) is 2.76. The Morgan fingerprint density at radius 1 is 1.24 bits per heavy atom. The quantitative estimate of drug-likeness (QED) is 0.925. The van der Waals surface area contributed by atoms with Crippen LogP contribution in [0.5, 0.6) is 0 Å². The minimum atomic E-state index is -0.955. The number of carboxylic acids is 1. The molecule has 114 valence electrons. The third kappa shape index (κ3) is 2.09. The third-order valence-corrected chi connectivity index (χ3v) is 6.03. The van der Waals surface area contributed by atoms with Crippen LogP contribution in [-0.4, -0.2) is 26.1 Å². The SMILES string of the molecule is CCc1c(C(=O)O)nnn1CC12CC3CC(CC(C3)C1)C2. The Hall–Kier alpha value is -1.39. The van der Waals surface area contributed by atoms with Gasteiger partial charge in [-0.05, 0) is 68.1 Å². The summed E-state index contributed by atoms with van der Waals surface area (Å²) in [6.07, 6.45) is 8.90. The summed E-state index contributed by atoms with van der Waals surface area (Å²) in [4.78, 5) is 11.2. The number of carboxylic acid groups (broad SMARTS) is 1. The molecule has 1 N–H and O–H groups in total. The highest BCUT2D eigenvalue weighted by atomic mass is 16.4. The van der Waals surface area contributed by atoms with Crippen LogP contribution in [0, 0.1) is 23.2 Å². The van der Waals surface area contributed by atoms with Crippen molar-refractivity contribution in [3.05, 3.63) is 11.4 Å². The van der Waals surface area contributed by atoms with E-state index in [-0.39, 0.29) is 5.69 Å². The van der Waals surface area contributed by atoms with Crippen LogP contribution in [0.2, 0.25) is 0 Å². The van der Waals surface area contributed by atoms with Crippen molar-refractivity contribution in [3.8, 4) is 0 Å². The molecule has 5 nitrogen and oxygen atoms in total. The largest absolute Gasteiger partial charge is 0.476 e. The fourth-order valence-corrected chi connectivity index (χ4v) is 5.78. The molecule has 0 saturated heterocycles. The van der Waals surface area contributed by atoms with E-state index in [4.69, 9.17) is 0 Å². The van der Waals surface area contributed by atoms with Crippen molar-refractivity contribution in [1.82, 2.24) is 15.0 Å². The Balaban J connectivity index is 1.63. The molecule has 0 aromatic carbocycles. The van der Waals surface area contributed by atoms with Gasteiger partial charge in [0.2, 0.25) is 0 Å². The van der Waals surface area contributed by atoms with Gasteiger partial charge in [0, 0.05) is 6.54 Å². The highest BCUT2D eigenvalue weighted by molar-refractivity contribution is 5.86. The highest BCUT2D eigenvalue weighted by Crippen LogP contribution is 2.60. The van der Waals surface area contributed by atoms with Gasteiger partial charge in [-0.3, -0.25) is 0 Å². The second-order valence-electron chi connectivity index (χ2n) is 7.62. The molecule has 5 rings (SSSR count). The second-order valence-corrected chi connectivity index (χ2v) is 7.62. The Labute approximate surface area is 124 Å². The third-order valence-electron chi connectivity index (χ3n) is 6.03. The van der Waals surface area contributed by atoms with Crippen molar-refractivity contribution in [2.75, 3.05) is 0 Å². The lowest BCUT2D eigenvalue weighted by Crippen LogP contribution is -2.48. The van der Waals surface area contributed by atoms with Crippen LogP contribution in [0.25, 0.3) is 0 Å². The number of aromatic carboxylic acids is 1. The summed E-state index contributed by atoms with van der Waals surface area (Å²) in [5, 5.41) is 17.3. The molecule has 1 aromatic rings. The van der Waals surface area contributed by atoms with Crippen molar-refractivity contribution in [2.45, 2.75) is 58.4 Å². The van der Waals surface area contributed by atoms with Gasteiger partial charge in [-0.1, -0.05) is 12.1 Å². The first kappa shape index (κ1) is 13.3. The lowest BCUT2D eigenvalue weighted by atomic mass is 9.49. The lowest BCUT2D eigenvalue weighted by molar-refractivity contribution is -0.0641. The van der Waals surface area contributed by atoms with Gasteiger partial charge in [0.15, 0.2) is 5.69 Å². The van der Waals surface area contributed by atoms with E-state index < -0.39 is 5.97 Å². The molecule has 0 aliphatic heterocycles. The normalized spacial score (nSPS) is 37.1. The summed E-state index contributed by atoms with van der Waals surface area (Å²) >= 11 is 0. The van der Waals surface area contributed by atoms with E-state index in [1.54, 1.807) is 0 Å². The van der Waals surface area contributed by atoms with E-state index in [9.17, 15) is 9.90 Å². The van der Waals surface area contributed by atoms with E-state index in [1.807, 2.05) is 11.6 Å². The number of aromatic nitrogens is 3. The summed E-state index contributed by atoms with van der Waals surface area (Å²) in [5.41, 5.74) is 1.29. The van der Waals surface area contributed by atoms with Crippen molar-refractivity contribution >= 4 is 5.97 Å². The average molecular weight is 289 g/mol. The zero-order chi connectivity index (χ0) is 14.6. The van der Waals surface area contributed by atoms with E-state index in [0.717, 1.165) is 30.0 Å². The summed E-state index contributed by atoms with van der Waals surface area (Å²) in [7, 11) is 0.